The zero-order valence-corrected chi connectivity index (χ0v) is 16.3. The van der Waals surface area contributed by atoms with E-state index in [1.165, 1.54) is 6.07 Å². The van der Waals surface area contributed by atoms with Gasteiger partial charge in [-0.1, -0.05) is 17.3 Å². The van der Waals surface area contributed by atoms with Crippen LogP contribution in [0.25, 0.3) is 0 Å². The van der Waals surface area contributed by atoms with Gasteiger partial charge in [-0.15, -0.1) is 0 Å². The van der Waals surface area contributed by atoms with E-state index in [2.05, 4.69) is 27.2 Å². The second-order valence-electron chi connectivity index (χ2n) is 6.71. The third kappa shape index (κ3) is 4.59. The highest BCUT2D eigenvalue weighted by Crippen LogP contribution is 2.20. The van der Waals surface area contributed by atoms with Gasteiger partial charge < -0.3 is 19.6 Å². The van der Waals surface area contributed by atoms with E-state index in [0.717, 1.165) is 62.1 Å². The summed E-state index contributed by atoms with van der Waals surface area (Å²) in [4.78, 5) is 9.12. The maximum absolute atomic E-state index is 14.0. The molecule has 1 N–H and O–H groups in total. The van der Waals surface area contributed by atoms with E-state index in [1.54, 1.807) is 6.07 Å². The topological polar surface area (TPSA) is 56.9 Å². The van der Waals surface area contributed by atoms with Crippen molar-refractivity contribution in [1.29, 1.82) is 0 Å². The molecule has 2 heterocycles. The highest BCUT2D eigenvalue weighted by molar-refractivity contribution is 5.80. The Morgan fingerprint density at radius 3 is 2.59 bits per heavy atom. The van der Waals surface area contributed by atoms with Crippen molar-refractivity contribution in [2.45, 2.75) is 27.2 Å². The zero-order chi connectivity index (χ0) is 19.2. The van der Waals surface area contributed by atoms with Crippen molar-refractivity contribution in [2.75, 3.05) is 44.2 Å². The van der Waals surface area contributed by atoms with E-state index >= 15 is 0 Å². The van der Waals surface area contributed by atoms with Gasteiger partial charge in [0.05, 0.1) is 11.4 Å². The number of aromatic nitrogens is 1. The number of anilines is 1. The summed E-state index contributed by atoms with van der Waals surface area (Å²) in [5.74, 6) is 1.62. The van der Waals surface area contributed by atoms with E-state index in [9.17, 15) is 4.39 Å². The summed E-state index contributed by atoms with van der Waals surface area (Å²) >= 11 is 0. The van der Waals surface area contributed by atoms with Crippen LogP contribution >= 0.6 is 0 Å². The molecule has 27 heavy (non-hydrogen) atoms. The normalized spacial score (nSPS) is 15.3. The Labute approximate surface area is 160 Å². The van der Waals surface area contributed by atoms with Crippen molar-refractivity contribution in [3.8, 4) is 0 Å². The quantitative estimate of drug-likeness (QED) is 0.645. The first kappa shape index (κ1) is 19.2. The molecule has 1 saturated heterocycles. The van der Waals surface area contributed by atoms with E-state index in [4.69, 9.17) is 9.52 Å². The largest absolute Gasteiger partial charge is 0.366 e. The molecule has 0 atom stereocenters. The number of nitrogens with zero attached hydrogens (tertiary/aromatic N) is 4. The van der Waals surface area contributed by atoms with E-state index in [-0.39, 0.29) is 5.82 Å². The minimum absolute atomic E-state index is 0.161. The number of guanidine groups is 1. The Bertz CT molecular complexity index is 761. The summed E-state index contributed by atoms with van der Waals surface area (Å²) in [7, 11) is 0. The van der Waals surface area contributed by atoms with Crippen LogP contribution in [0, 0.1) is 19.7 Å². The summed E-state index contributed by atoms with van der Waals surface area (Å²) in [5.41, 5.74) is 2.75. The van der Waals surface area contributed by atoms with Crippen LogP contribution in [-0.4, -0.2) is 55.3 Å². The molecule has 1 aromatic heterocycles. The Hall–Kier alpha value is -2.57. The standard InChI is InChI=1S/C20H28FN5O/c1-4-22-20(23-10-9-17-15(2)24-27-16(17)3)26-13-11-25(12-14-26)19-8-6-5-7-18(19)21/h5-8H,4,9-14H2,1-3H3,(H,22,23). The number of hydrogen-bond acceptors (Lipinski definition) is 4. The van der Waals surface area contributed by atoms with Crippen LogP contribution < -0.4 is 10.2 Å². The fourth-order valence-corrected chi connectivity index (χ4v) is 3.43. The first-order valence-electron chi connectivity index (χ1n) is 9.54. The van der Waals surface area contributed by atoms with Crippen LogP contribution in [0.3, 0.4) is 0 Å². The number of nitrogens with one attached hydrogen (secondary N) is 1. The summed E-state index contributed by atoms with van der Waals surface area (Å²) in [6.07, 6.45) is 0.811. The lowest BCUT2D eigenvalue weighted by molar-refractivity contribution is 0.371. The van der Waals surface area contributed by atoms with E-state index in [0.29, 0.717) is 12.2 Å². The number of piperazine rings is 1. The van der Waals surface area contributed by atoms with Gasteiger partial charge in [0.25, 0.3) is 0 Å². The van der Waals surface area contributed by atoms with Crippen LogP contribution in [0.5, 0.6) is 0 Å². The number of aliphatic imine (C=N–C) groups is 1. The monoisotopic (exact) mass is 373 g/mol. The predicted molar refractivity (Wildman–Crippen MR) is 106 cm³/mol. The van der Waals surface area contributed by atoms with Crippen molar-refractivity contribution in [3.05, 3.63) is 47.1 Å². The molecule has 0 saturated carbocycles. The molecule has 1 aliphatic heterocycles. The zero-order valence-electron chi connectivity index (χ0n) is 16.3. The molecule has 0 amide bonds. The number of aryl methyl sites for hydroxylation is 2. The Balaban J connectivity index is 1.60. The lowest BCUT2D eigenvalue weighted by Gasteiger charge is -2.37. The molecule has 2 aromatic rings. The molecule has 0 aliphatic carbocycles. The summed E-state index contributed by atoms with van der Waals surface area (Å²) in [6, 6.07) is 6.96. The number of para-hydroxylation sites is 1. The van der Waals surface area contributed by atoms with Gasteiger partial charge in [-0.3, -0.25) is 4.99 Å². The lowest BCUT2D eigenvalue weighted by atomic mass is 10.1. The number of benzene rings is 1. The van der Waals surface area contributed by atoms with Crippen molar-refractivity contribution in [2.24, 2.45) is 4.99 Å². The second-order valence-corrected chi connectivity index (χ2v) is 6.71. The molecule has 0 radical (unpaired) electrons. The minimum Gasteiger partial charge on any atom is -0.366 e. The molecule has 0 spiro atoms. The smallest absolute Gasteiger partial charge is 0.194 e. The predicted octanol–water partition coefficient (Wildman–Crippen LogP) is 2.76. The average Bonchev–Trinajstić information content (AvgIpc) is 3.00. The molecule has 7 heteroatoms. The molecular formula is C20H28FN5O. The summed E-state index contributed by atoms with van der Waals surface area (Å²) in [6.45, 7) is 10.6. The summed E-state index contributed by atoms with van der Waals surface area (Å²) < 4.78 is 19.2. The minimum atomic E-state index is -0.161. The van der Waals surface area contributed by atoms with Gasteiger partial charge in [0, 0.05) is 44.8 Å². The molecule has 1 aromatic carbocycles. The van der Waals surface area contributed by atoms with Gasteiger partial charge in [-0.25, -0.2) is 4.39 Å². The highest BCUT2D eigenvalue weighted by Gasteiger charge is 2.21. The second kappa shape index (κ2) is 8.88. The summed E-state index contributed by atoms with van der Waals surface area (Å²) in [5, 5.41) is 7.37. The van der Waals surface area contributed by atoms with Crippen molar-refractivity contribution in [3.63, 3.8) is 0 Å². The van der Waals surface area contributed by atoms with Gasteiger partial charge in [0.15, 0.2) is 5.96 Å². The Morgan fingerprint density at radius 2 is 1.96 bits per heavy atom. The molecule has 0 bridgehead atoms. The average molecular weight is 373 g/mol. The van der Waals surface area contributed by atoms with Crippen molar-refractivity contribution < 1.29 is 8.91 Å². The van der Waals surface area contributed by atoms with Crippen molar-refractivity contribution >= 4 is 11.6 Å². The maximum atomic E-state index is 14.0. The molecule has 1 aliphatic rings. The van der Waals surface area contributed by atoms with Gasteiger partial charge >= 0.3 is 0 Å². The number of halogens is 1. The van der Waals surface area contributed by atoms with Gasteiger partial charge in [-0.05, 0) is 39.3 Å². The van der Waals surface area contributed by atoms with Crippen LogP contribution in [0.15, 0.2) is 33.8 Å². The number of hydrogen-bond donors (Lipinski definition) is 1. The number of rotatable bonds is 5. The fraction of sp³-hybridized carbons (Fsp3) is 0.500. The molecule has 6 nitrogen and oxygen atoms in total. The maximum Gasteiger partial charge on any atom is 0.194 e. The fourth-order valence-electron chi connectivity index (χ4n) is 3.43. The van der Waals surface area contributed by atoms with Gasteiger partial charge in [0.2, 0.25) is 0 Å². The molecule has 1 fully saturated rings. The first-order chi connectivity index (χ1) is 13.1. The van der Waals surface area contributed by atoms with E-state index < -0.39 is 0 Å². The van der Waals surface area contributed by atoms with Crippen LogP contribution in [0.4, 0.5) is 10.1 Å². The molecule has 3 rings (SSSR count). The van der Waals surface area contributed by atoms with Crippen molar-refractivity contribution in [1.82, 2.24) is 15.4 Å². The SMILES string of the molecule is CCNC(=NCCc1c(C)noc1C)N1CCN(c2ccccc2F)CC1. The molecular weight excluding hydrogens is 345 g/mol. The van der Waals surface area contributed by atoms with E-state index in [1.807, 2.05) is 26.0 Å². The lowest BCUT2D eigenvalue weighted by Crippen LogP contribution is -2.52. The molecule has 146 valence electrons. The Kier molecular flexibility index (Phi) is 6.32. The van der Waals surface area contributed by atoms with Crippen LogP contribution in [0.1, 0.15) is 23.9 Å². The van der Waals surface area contributed by atoms with Crippen LogP contribution in [-0.2, 0) is 6.42 Å². The Morgan fingerprint density at radius 1 is 1.22 bits per heavy atom. The third-order valence-corrected chi connectivity index (χ3v) is 4.91. The first-order valence-corrected chi connectivity index (χ1v) is 9.54. The van der Waals surface area contributed by atoms with Gasteiger partial charge in [0.1, 0.15) is 11.6 Å². The molecule has 0 unspecified atom stereocenters. The highest BCUT2D eigenvalue weighted by atomic mass is 19.1. The van der Waals surface area contributed by atoms with Gasteiger partial charge in [-0.2, -0.15) is 0 Å². The van der Waals surface area contributed by atoms with Crippen LogP contribution in [0.2, 0.25) is 0 Å². The third-order valence-electron chi connectivity index (χ3n) is 4.91.